The van der Waals surface area contributed by atoms with E-state index in [0.717, 1.165) is 49.3 Å². The van der Waals surface area contributed by atoms with Crippen LogP contribution in [0.25, 0.3) is 117 Å². The molecule has 0 amide bonds. The average molecular weight is 737 g/mol. The summed E-state index contributed by atoms with van der Waals surface area (Å²) < 4.78 is 70.1. The van der Waals surface area contributed by atoms with E-state index in [1.54, 1.807) is 24.3 Å². The highest BCUT2D eigenvalue weighted by molar-refractivity contribution is 6.25. The highest BCUT2D eigenvalue weighted by Gasteiger charge is 2.24. The van der Waals surface area contributed by atoms with Gasteiger partial charge in [0.2, 0.25) is 5.95 Å². The fourth-order valence-corrected chi connectivity index (χ4v) is 8.09. The van der Waals surface area contributed by atoms with Crippen molar-refractivity contribution in [3.63, 3.8) is 0 Å². The van der Waals surface area contributed by atoms with Crippen LogP contribution in [-0.2, 0) is 0 Å². The Balaban J connectivity index is 1.22. The van der Waals surface area contributed by atoms with Gasteiger partial charge in [0.25, 0.3) is 0 Å². The molecular weight excluding hydrogens is 701 g/mol. The first-order valence-corrected chi connectivity index (χ1v) is 18.5. The van der Waals surface area contributed by atoms with Crippen LogP contribution < -0.4 is 0 Å². The van der Waals surface area contributed by atoms with Crippen LogP contribution in [0.5, 0.6) is 0 Å². The summed E-state index contributed by atoms with van der Waals surface area (Å²) in [6, 6.07) is 44.8. The lowest BCUT2D eigenvalue weighted by molar-refractivity contribution is 0.668. The smallest absolute Gasteiger partial charge is 0.238 e. The van der Waals surface area contributed by atoms with Crippen molar-refractivity contribution < 1.29 is 17.1 Å². The maximum Gasteiger partial charge on any atom is 0.238 e. The summed E-state index contributed by atoms with van der Waals surface area (Å²) in [6.45, 7) is 0. The monoisotopic (exact) mass is 736 g/mol. The normalized spacial score (nSPS) is 13.3. The highest BCUT2D eigenvalue weighted by Crippen LogP contribution is 2.44. The van der Waals surface area contributed by atoms with Crippen molar-refractivity contribution in [1.82, 2.24) is 19.5 Å². The van der Waals surface area contributed by atoms with Crippen molar-refractivity contribution in [1.29, 1.82) is 0 Å². The molecule has 8 aromatic carbocycles. The van der Waals surface area contributed by atoms with Gasteiger partial charge in [-0.2, -0.15) is 9.97 Å². The molecule has 0 spiro atoms. The topological polar surface area (TPSA) is 69.9 Å². The molecule has 6 nitrogen and oxygen atoms in total. The molecule has 0 radical (unpaired) electrons. The molecule has 0 N–H and O–H groups in total. The van der Waals surface area contributed by atoms with Gasteiger partial charge in [-0.05, 0) is 53.0 Å². The lowest BCUT2D eigenvalue weighted by Gasteiger charge is -2.13. The predicted octanol–water partition coefficient (Wildman–Crippen LogP) is 13.4. The van der Waals surface area contributed by atoms with Crippen molar-refractivity contribution in [3.05, 3.63) is 182 Å². The van der Waals surface area contributed by atoms with Gasteiger partial charge in [0.1, 0.15) is 22.3 Å². The number of hydrogen-bond donors (Lipinski definition) is 0. The summed E-state index contributed by atoms with van der Waals surface area (Å²) in [5.41, 5.74) is 6.28. The van der Waals surface area contributed by atoms with Gasteiger partial charge in [0, 0.05) is 43.6 Å². The molecule has 0 saturated carbocycles. The molecule has 4 heterocycles. The Hall–Kier alpha value is -7.83. The summed E-state index contributed by atoms with van der Waals surface area (Å²) in [4.78, 5) is 15.3. The molecule has 0 atom stereocenters. The van der Waals surface area contributed by atoms with Crippen LogP contribution in [0.15, 0.2) is 191 Å². The number of furan rings is 2. The molecule has 0 unspecified atom stereocenters. The van der Waals surface area contributed by atoms with Crippen LogP contribution in [0.3, 0.4) is 0 Å². The fraction of sp³-hybridized carbons (Fsp3) is 0. The van der Waals surface area contributed by atoms with E-state index >= 15 is 0 Å². The molecule has 0 bridgehead atoms. The van der Waals surface area contributed by atoms with Gasteiger partial charge < -0.3 is 8.83 Å². The standard InChI is InChI=1S/C51H30N4O2/c1-4-14-31(15-5-1)35-21-13-25-42-45(35)40-27-26-34(30-44(40)57-42)50-52-49(33-18-8-3-9-19-33)53-51(54-50)55-47-36(32-16-6-2-7-17-32)22-12-23-37(47)38-28-29-43-46(48(38)55)39-20-10-11-24-41(39)56-43/h1-30H/i13D,21D,25D,26D,27D,30D. The lowest BCUT2D eigenvalue weighted by Crippen LogP contribution is -2.07. The third kappa shape index (κ3) is 4.87. The molecule has 0 aliphatic carbocycles. The summed E-state index contributed by atoms with van der Waals surface area (Å²) in [5, 5.41) is 4.00. The fourth-order valence-electron chi connectivity index (χ4n) is 8.09. The van der Waals surface area contributed by atoms with Gasteiger partial charge in [-0.1, -0.05) is 146 Å². The predicted molar refractivity (Wildman–Crippen MR) is 230 cm³/mol. The second-order valence-electron chi connectivity index (χ2n) is 13.9. The quantitative estimate of drug-likeness (QED) is 0.176. The molecule has 0 aliphatic heterocycles. The van der Waals surface area contributed by atoms with Gasteiger partial charge in [-0.3, -0.25) is 4.57 Å². The maximum absolute atomic E-state index is 9.73. The maximum atomic E-state index is 9.73. The molecule has 57 heavy (non-hydrogen) atoms. The Morgan fingerprint density at radius 1 is 0.404 bits per heavy atom. The zero-order valence-corrected chi connectivity index (χ0v) is 30.0. The zero-order chi connectivity index (χ0) is 42.7. The van der Waals surface area contributed by atoms with Crippen molar-refractivity contribution in [2.45, 2.75) is 0 Å². The van der Waals surface area contributed by atoms with Crippen LogP contribution in [0, 0.1) is 0 Å². The molecule has 266 valence electrons. The van der Waals surface area contributed by atoms with Gasteiger partial charge in [-0.15, -0.1) is 0 Å². The number of aromatic nitrogens is 4. The Bertz CT molecular complexity index is 3870. The Morgan fingerprint density at radius 3 is 1.84 bits per heavy atom. The molecule has 4 aromatic heterocycles. The second kappa shape index (κ2) is 12.3. The summed E-state index contributed by atoms with van der Waals surface area (Å²) in [7, 11) is 0. The molecule has 0 fully saturated rings. The number of nitrogens with zero attached hydrogens (tertiary/aromatic N) is 4. The molecule has 12 aromatic rings. The van der Waals surface area contributed by atoms with Gasteiger partial charge >= 0.3 is 0 Å². The first-order valence-electron chi connectivity index (χ1n) is 21.5. The van der Waals surface area contributed by atoms with E-state index in [1.807, 2.05) is 102 Å². The van der Waals surface area contributed by atoms with E-state index in [-0.39, 0.29) is 86.9 Å². The zero-order valence-electron chi connectivity index (χ0n) is 36.0. The third-order valence-electron chi connectivity index (χ3n) is 10.6. The third-order valence-corrected chi connectivity index (χ3v) is 10.6. The highest BCUT2D eigenvalue weighted by atomic mass is 16.3. The summed E-state index contributed by atoms with van der Waals surface area (Å²) >= 11 is 0. The number of benzene rings is 8. The van der Waals surface area contributed by atoms with Crippen LogP contribution in [0.1, 0.15) is 8.22 Å². The van der Waals surface area contributed by atoms with Crippen LogP contribution in [0.4, 0.5) is 0 Å². The Morgan fingerprint density at radius 2 is 1.05 bits per heavy atom. The van der Waals surface area contributed by atoms with E-state index in [9.17, 15) is 4.11 Å². The van der Waals surface area contributed by atoms with E-state index in [4.69, 9.17) is 27.9 Å². The number of rotatable bonds is 5. The van der Waals surface area contributed by atoms with Crippen molar-refractivity contribution in [3.8, 4) is 51.0 Å². The molecule has 0 aliphatic rings. The first kappa shape index (κ1) is 26.1. The van der Waals surface area contributed by atoms with Crippen molar-refractivity contribution in [2.24, 2.45) is 0 Å². The summed E-state index contributed by atoms with van der Waals surface area (Å²) in [5.74, 6) is 0.463. The minimum Gasteiger partial charge on any atom is -0.456 e. The SMILES string of the molecule is [2H]c1c([2H])c(-c2ccccc2)c2c(oc3c([2H])c(-c4nc(-c5ccccc5)nc(-n5c6c(-c7ccccc7)cccc6c6ccc7oc8ccccc8c7c65)n4)c([2H])c([2H])c32)c1[2H]. The second-order valence-corrected chi connectivity index (χ2v) is 13.9. The van der Waals surface area contributed by atoms with Crippen LogP contribution >= 0.6 is 0 Å². The Kier molecular flexibility index (Phi) is 5.64. The van der Waals surface area contributed by atoms with Crippen molar-refractivity contribution in [2.75, 3.05) is 0 Å². The molecular formula is C51H30N4O2. The number of hydrogen-bond acceptors (Lipinski definition) is 5. The lowest BCUT2D eigenvalue weighted by atomic mass is 9.99. The average Bonchev–Trinajstić information content (AvgIpc) is 4.02. The van der Waals surface area contributed by atoms with Gasteiger partial charge in [0.05, 0.1) is 24.6 Å². The number of para-hydroxylation sites is 2. The summed E-state index contributed by atoms with van der Waals surface area (Å²) in [6.07, 6.45) is 0. The molecule has 0 saturated heterocycles. The van der Waals surface area contributed by atoms with Gasteiger partial charge in [0.15, 0.2) is 11.6 Å². The molecule has 6 heteroatoms. The van der Waals surface area contributed by atoms with E-state index in [0.29, 0.717) is 16.7 Å². The van der Waals surface area contributed by atoms with E-state index < -0.39 is 0 Å². The van der Waals surface area contributed by atoms with E-state index in [2.05, 4.69) is 24.3 Å². The molecule has 12 rings (SSSR count). The minimum atomic E-state index is -0.347. The van der Waals surface area contributed by atoms with Crippen molar-refractivity contribution >= 4 is 65.7 Å². The Labute approximate surface area is 334 Å². The largest absolute Gasteiger partial charge is 0.456 e. The van der Waals surface area contributed by atoms with Crippen LogP contribution in [0.2, 0.25) is 0 Å². The number of fused-ring (bicyclic) bond motifs is 10. The van der Waals surface area contributed by atoms with Crippen LogP contribution in [-0.4, -0.2) is 19.5 Å². The first-order chi connectivity index (χ1) is 30.8. The van der Waals surface area contributed by atoms with E-state index in [1.165, 1.54) is 0 Å². The van der Waals surface area contributed by atoms with Gasteiger partial charge in [-0.25, -0.2) is 4.98 Å². The minimum absolute atomic E-state index is 0.0298.